The molecule has 0 spiro atoms. The lowest BCUT2D eigenvalue weighted by Crippen LogP contribution is -2.22. The number of benzene rings is 2. The molecule has 28 heavy (non-hydrogen) atoms. The first-order chi connectivity index (χ1) is 13.6. The summed E-state index contributed by atoms with van der Waals surface area (Å²) >= 11 is 6.46. The van der Waals surface area contributed by atoms with Crippen molar-refractivity contribution in [3.05, 3.63) is 59.0 Å². The van der Waals surface area contributed by atoms with Crippen LogP contribution in [0.5, 0.6) is 17.2 Å². The van der Waals surface area contributed by atoms with Gasteiger partial charge in [0.25, 0.3) is 5.91 Å². The van der Waals surface area contributed by atoms with Crippen LogP contribution in [-0.4, -0.2) is 42.5 Å². The van der Waals surface area contributed by atoms with Crippen molar-refractivity contribution in [3.63, 3.8) is 0 Å². The average molecular weight is 416 g/mol. The second-order valence-corrected chi connectivity index (χ2v) is 7.72. The summed E-state index contributed by atoms with van der Waals surface area (Å²) in [6.07, 6.45) is 2.58. The number of nitrogens with zero attached hydrogens (tertiary/aromatic N) is 1. The van der Waals surface area contributed by atoms with Crippen LogP contribution in [0.15, 0.2) is 53.4 Å². The van der Waals surface area contributed by atoms with Gasteiger partial charge in [-0.05, 0) is 35.9 Å². The van der Waals surface area contributed by atoms with Crippen LogP contribution in [0, 0.1) is 0 Å². The maximum atomic E-state index is 12.1. The van der Waals surface area contributed by atoms with Crippen LogP contribution in [-0.2, 0) is 4.79 Å². The number of likely N-dealkylation sites (N-methyl/N-ethyl adjacent to an activating group) is 1. The van der Waals surface area contributed by atoms with Crippen molar-refractivity contribution in [1.82, 2.24) is 4.90 Å². The van der Waals surface area contributed by atoms with E-state index in [2.05, 4.69) is 0 Å². The lowest BCUT2D eigenvalue weighted by molar-refractivity contribution is -0.121. The number of hydrogen-bond donors (Lipinski definition) is 0. The highest BCUT2D eigenvalue weighted by Gasteiger charge is 2.28. The fourth-order valence-corrected chi connectivity index (χ4v) is 3.70. The van der Waals surface area contributed by atoms with Crippen molar-refractivity contribution in [2.24, 2.45) is 0 Å². The highest BCUT2D eigenvalue weighted by atomic mass is 32.2. The molecule has 2 aromatic rings. The molecule has 1 fully saturated rings. The van der Waals surface area contributed by atoms with Gasteiger partial charge in [0.2, 0.25) is 0 Å². The van der Waals surface area contributed by atoms with Crippen molar-refractivity contribution in [2.75, 3.05) is 27.4 Å². The van der Waals surface area contributed by atoms with Gasteiger partial charge in [-0.15, -0.1) is 0 Å². The summed E-state index contributed by atoms with van der Waals surface area (Å²) in [5.41, 5.74) is 0.902. The second kappa shape index (κ2) is 9.61. The smallest absolute Gasteiger partial charge is 0.265 e. The van der Waals surface area contributed by atoms with Crippen LogP contribution in [0.25, 0.3) is 6.08 Å². The Bertz CT molecular complexity index is 897. The number of carbonyl (C=O) groups is 1. The Balaban J connectivity index is 1.48. The molecule has 0 aromatic heterocycles. The Hall–Kier alpha value is -2.51. The van der Waals surface area contributed by atoms with Gasteiger partial charge in [-0.25, -0.2) is 0 Å². The van der Waals surface area contributed by atoms with Crippen molar-refractivity contribution in [2.45, 2.75) is 6.42 Å². The summed E-state index contributed by atoms with van der Waals surface area (Å²) in [5.74, 6) is 2.22. The zero-order valence-electron chi connectivity index (χ0n) is 15.7. The maximum Gasteiger partial charge on any atom is 0.265 e. The fraction of sp³-hybridized carbons (Fsp3) is 0.238. The number of hydrogen-bond acceptors (Lipinski definition) is 6. The van der Waals surface area contributed by atoms with E-state index in [1.54, 1.807) is 14.2 Å². The first-order valence-electron chi connectivity index (χ1n) is 8.78. The Labute approximate surface area is 174 Å². The molecule has 1 heterocycles. The molecule has 7 heteroatoms. The molecule has 0 radical (unpaired) electrons. The van der Waals surface area contributed by atoms with Crippen molar-refractivity contribution in [1.29, 1.82) is 0 Å². The second-order valence-electron chi connectivity index (χ2n) is 6.04. The molecule has 1 amide bonds. The fourth-order valence-electron chi connectivity index (χ4n) is 2.52. The molecule has 2 aromatic carbocycles. The molecule has 146 valence electrons. The van der Waals surface area contributed by atoms with E-state index in [1.165, 1.54) is 16.7 Å². The highest BCUT2D eigenvalue weighted by Crippen LogP contribution is 2.31. The topological polar surface area (TPSA) is 48.0 Å². The van der Waals surface area contributed by atoms with Crippen LogP contribution < -0.4 is 14.2 Å². The molecule has 0 unspecified atom stereocenters. The van der Waals surface area contributed by atoms with Gasteiger partial charge in [0.05, 0.1) is 25.2 Å². The summed E-state index contributed by atoms with van der Waals surface area (Å²) in [6, 6.07) is 15.1. The number of thiocarbonyl (C=S) groups is 1. The highest BCUT2D eigenvalue weighted by molar-refractivity contribution is 8.26. The summed E-state index contributed by atoms with van der Waals surface area (Å²) in [7, 11) is 3.32. The van der Waals surface area contributed by atoms with Gasteiger partial charge in [0.15, 0.2) is 0 Å². The molecule has 1 aliphatic rings. The van der Waals surface area contributed by atoms with Gasteiger partial charge < -0.3 is 14.2 Å². The zero-order valence-corrected chi connectivity index (χ0v) is 17.3. The van der Waals surface area contributed by atoms with Crippen molar-refractivity contribution < 1.29 is 19.0 Å². The SMILES string of the molecule is COc1cccc(OCCCOc2cccc(C=C3SC(=S)N(C)C3=O)c2)c1. The third-order valence-corrected chi connectivity index (χ3v) is 5.49. The molecule has 1 aliphatic heterocycles. The first-order valence-corrected chi connectivity index (χ1v) is 10.0. The van der Waals surface area contributed by atoms with Gasteiger partial charge in [-0.1, -0.05) is 42.2 Å². The Kier molecular flexibility index (Phi) is 6.95. The van der Waals surface area contributed by atoms with E-state index < -0.39 is 0 Å². The van der Waals surface area contributed by atoms with Crippen LogP contribution in [0.2, 0.25) is 0 Å². The molecular formula is C21H21NO4S2. The number of methoxy groups -OCH3 is 1. The molecule has 5 nitrogen and oxygen atoms in total. The number of amides is 1. The molecule has 0 bridgehead atoms. The lowest BCUT2D eigenvalue weighted by atomic mass is 10.2. The summed E-state index contributed by atoms with van der Waals surface area (Å²) in [6.45, 7) is 1.08. The normalized spacial score (nSPS) is 15.2. The van der Waals surface area contributed by atoms with E-state index in [4.69, 9.17) is 26.4 Å². The largest absolute Gasteiger partial charge is 0.497 e. The van der Waals surface area contributed by atoms with Gasteiger partial charge in [-0.3, -0.25) is 9.69 Å². The van der Waals surface area contributed by atoms with E-state index in [1.807, 2.05) is 54.6 Å². The van der Waals surface area contributed by atoms with E-state index >= 15 is 0 Å². The number of carbonyl (C=O) groups excluding carboxylic acids is 1. The number of rotatable bonds is 8. The monoisotopic (exact) mass is 415 g/mol. The number of ether oxygens (including phenoxy) is 3. The minimum Gasteiger partial charge on any atom is -0.497 e. The maximum absolute atomic E-state index is 12.1. The molecule has 0 N–H and O–H groups in total. The predicted octanol–water partition coefficient (Wildman–Crippen LogP) is 4.37. The lowest BCUT2D eigenvalue weighted by Gasteiger charge is -2.09. The van der Waals surface area contributed by atoms with E-state index in [0.717, 1.165) is 29.2 Å². The molecule has 0 saturated carbocycles. The quantitative estimate of drug-likeness (QED) is 0.362. The van der Waals surface area contributed by atoms with Crippen LogP contribution >= 0.6 is 24.0 Å². The molecule has 1 saturated heterocycles. The number of thioether (sulfide) groups is 1. The minimum absolute atomic E-state index is 0.0731. The third-order valence-electron chi connectivity index (χ3n) is 4.01. The average Bonchev–Trinajstić information content (AvgIpc) is 2.95. The zero-order chi connectivity index (χ0) is 19.9. The van der Waals surface area contributed by atoms with Gasteiger partial charge in [-0.2, -0.15) is 0 Å². The summed E-state index contributed by atoms with van der Waals surface area (Å²) in [5, 5.41) is 0. The Morgan fingerprint density at radius 1 is 1.04 bits per heavy atom. The standard InChI is InChI=1S/C21H21NO4S2/c1-22-20(23)19(28-21(22)27)13-15-6-3-8-17(12-15)25-10-5-11-26-18-9-4-7-16(14-18)24-2/h3-4,6-9,12-14H,5,10-11H2,1-2H3. The van der Waals surface area contributed by atoms with E-state index in [-0.39, 0.29) is 5.91 Å². The Morgan fingerprint density at radius 2 is 1.68 bits per heavy atom. The van der Waals surface area contributed by atoms with Gasteiger partial charge in [0.1, 0.15) is 21.6 Å². The molecule has 0 aliphatic carbocycles. The molecule has 3 rings (SSSR count). The van der Waals surface area contributed by atoms with Crippen LogP contribution in [0.4, 0.5) is 0 Å². The van der Waals surface area contributed by atoms with Gasteiger partial charge >= 0.3 is 0 Å². The Morgan fingerprint density at radius 3 is 2.32 bits per heavy atom. The first kappa shape index (κ1) is 20.2. The minimum atomic E-state index is -0.0731. The van der Waals surface area contributed by atoms with Crippen molar-refractivity contribution >= 4 is 40.3 Å². The van der Waals surface area contributed by atoms with E-state index in [0.29, 0.717) is 22.4 Å². The molecular weight excluding hydrogens is 394 g/mol. The summed E-state index contributed by atoms with van der Waals surface area (Å²) < 4.78 is 17.3. The predicted molar refractivity (Wildman–Crippen MR) is 116 cm³/mol. The van der Waals surface area contributed by atoms with Crippen LogP contribution in [0.3, 0.4) is 0 Å². The van der Waals surface area contributed by atoms with Crippen LogP contribution in [0.1, 0.15) is 12.0 Å². The third kappa shape index (κ3) is 5.27. The summed E-state index contributed by atoms with van der Waals surface area (Å²) in [4.78, 5) is 14.2. The van der Waals surface area contributed by atoms with Crippen molar-refractivity contribution in [3.8, 4) is 17.2 Å². The van der Waals surface area contributed by atoms with Gasteiger partial charge in [0, 0.05) is 19.5 Å². The van der Waals surface area contributed by atoms with E-state index in [9.17, 15) is 4.79 Å². The molecule has 0 atom stereocenters.